The van der Waals surface area contributed by atoms with Crippen molar-refractivity contribution in [2.75, 3.05) is 38.3 Å². The van der Waals surface area contributed by atoms with Crippen molar-refractivity contribution in [3.8, 4) is 5.75 Å². The third-order valence-electron chi connectivity index (χ3n) is 15.1. The highest BCUT2D eigenvalue weighted by molar-refractivity contribution is 6.01. The molecule has 1 amide bonds. The topological polar surface area (TPSA) is 165 Å². The first-order valence-corrected chi connectivity index (χ1v) is 21.5. The highest BCUT2D eigenvalue weighted by Gasteiger charge is 2.75. The van der Waals surface area contributed by atoms with Gasteiger partial charge in [-0.1, -0.05) is 25.5 Å². The Morgan fingerprint density at radius 2 is 1.75 bits per heavy atom. The van der Waals surface area contributed by atoms with E-state index in [0.29, 0.717) is 23.9 Å². The van der Waals surface area contributed by atoms with Crippen molar-refractivity contribution in [1.82, 2.24) is 9.47 Å². The third-order valence-corrected chi connectivity index (χ3v) is 15.1. The van der Waals surface area contributed by atoms with Gasteiger partial charge in [0.15, 0.2) is 29.6 Å². The van der Waals surface area contributed by atoms with Crippen molar-refractivity contribution >= 4 is 40.2 Å². The van der Waals surface area contributed by atoms with Crippen LogP contribution in [-0.4, -0.2) is 106 Å². The van der Waals surface area contributed by atoms with Gasteiger partial charge >= 0.3 is 12.1 Å². The number of aliphatic hydroxyl groups excluding tert-OH is 1. The van der Waals surface area contributed by atoms with Crippen LogP contribution in [0.15, 0.2) is 40.9 Å². The van der Waals surface area contributed by atoms with Gasteiger partial charge in [0.1, 0.15) is 22.5 Å². The van der Waals surface area contributed by atoms with Gasteiger partial charge in [-0.15, -0.1) is 0 Å². The molecule has 61 heavy (non-hydrogen) atoms. The van der Waals surface area contributed by atoms with Crippen molar-refractivity contribution in [1.29, 1.82) is 0 Å². The van der Waals surface area contributed by atoms with Gasteiger partial charge in [-0.2, -0.15) is 0 Å². The molecule has 6 aliphatic rings. The number of rotatable bonds is 7. The fraction of sp³-hybridized carbons (Fsp3) is 0.630. The normalized spacial score (nSPS) is 34.7. The van der Waals surface area contributed by atoms with Crippen LogP contribution in [0.1, 0.15) is 103 Å². The van der Waals surface area contributed by atoms with Gasteiger partial charge < -0.3 is 38.8 Å². The number of esters is 1. The third kappa shape index (κ3) is 6.37. The number of carbonyl (C=O) groups is 4. The molecule has 9 atom stereocenters. The predicted octanol–water partition coefficient (Wildman–Crippen LogP) is 6.00. The maximum atomic E-state index is 17.6. The van der Waals surface area contributed by atoms with Crippen molar-refractivity contribution in [3.63, 3.8) is 0 Å². The molecule has 2 N–H and O–H groups in total. The number of ketones is 2. The van der Waals surface area contributed by atoms with E-state index in [0.717, 1.165) is 18.9 Å². The van der Waals surface area contributed by atoms with Crippen LogP contribution in [0.25, 0.3) is 10.9 Å². The molecule has 4 saturated carbocycles. The number of hydrogen-bond donors (Lipinski definition) is 2. The minimum atomic E-state index is -2.16. The fourth-order valence-corrected chi connectivity index (χ4v) is 11.9. The van der Waals surface area contributed by atoms with Crippen LogP contribution in [-0.2, 0) is 19.1 Å². The lowest BCUT2D eigenvalue weighted by Gasteiger charge is -2.62. The van der Waals surface area contributed by atoms with Crippen molar-refractivity contribution in [2.45, 2.75) is 122 Å². The van der Waals surface area contributed by atoms with Crippen LogP contribution < -0.4 is 15.1 Å². The summed E-state index contributed by atoms with van der Waals surface area (Å²) >= 11 is 0. The average Bonchev–Trinajstić information content (AvgIpc) is 4.01. The number of ether oxygens (including phenoxy) is 3. The zero-order chi connectivity index (χ0) is 44.4. The smallest absolute Gasteiger partial charge is 0.410 e. The van der Waals surface area contributed by atoms with Crippen LogP contribution in [0, 0.1) is 34.4 Å². The molecule has 0 spiro atoms. The Morgan fingerprint density at radius 3 is 2.39 bits per heavy atom. The summed E-state index contributed by atoms with van der Waals surface area (Å²) in [5.74, 6) is -4.82. The Balaban J connectivity index is 1.05. The first-order chi connectivity index (χ1) is 28.5. The van der Waals surface area contributed by atoms with Gasteiger partial charge in [0.25, 0.3) is 0 Å². The van der Waals surface area contributed by atoms with E-state index in [4.69, 9.17) is 14.2 Å². The molecule has 5 aliphatic carbocycles. The number of allylic oxidation sites excluding steroid dienone is 4. The van der Waals surface area contributed by atoms with Crippen LogP contribution in [0.2, 0.25) is 0 Å². The fourth-order valence-electron chi connectivity index (χ4n) is 11.9. The molecule has 5 fully saturated rings. The first kappa shape index (κ1) is 43.0. The number of halogens is 2. The van der Waals surface area contributed by atoms with E-state index in [-0.39, 0.29) is 67.2 Å². The van der Waals surface area contributed by atoms with Gasteiger partial charge in [0.05, 0.1) is 24.1 Å². The second-order valence-corrected chi connectivity index (χ2v) is 19.8. The lowest BCUT2D eigenvalue weighted by atomic mass is 9.44. The number of aliphatic hydroxyl groups is 2. The van der Waals surface area contributed by atoms with E-state index in [1.807, 2.05) is 6.92 Å². The van der Waals surface area contributed by atoms with E-state index in [1.165, 1.54) is 25.5 Å². The van der Waals surface area contributed by atoms with Crippen LogP contribution in [0.4, 0.5) is 19.3 Å². The SMILES string of the molecule is COc1c(N2CCN(C(=O)OC(C)(C)C)C(C)C2)c(F)cc2c(=O)c(C(=O)OCC(=O)[C@@]3(O)[C@@H](C)C[C@H]4[C@@H]5CCC6=CC(=O)C=C[C@]6(C)[C@@]5(F)[C@@H](O)C[C@@]43C)cn(C3CC3)c12. The van der Waals surface area contributed by atoms with Crippen molar-refractivity contribution in [2.24, 2.45) is 28.6 Å². The number of fused-ring (bicyclic) bond motifs is 6. The van der Waals surface area contributed by atoms with Gasteiger partial charge in [0, 0.05) is 54.7 Å². The molecule has 15 heteroatoms. The van der Waals surface area contributed by atoms with Gasteiger partial charge in [-0.25, -0.2) is 18.4 Å². The zero-order valence-corrected chi connectivity index (χ0v) is 36.2. The molecule has 1 aromatic heterocycles. The lowest BCUT2D eigenvalue weighted by molar-refractivity contribution is -0.219. The molecular formula is C46H57F2N3O10. The summed E-state index contributed by atoms with van der Waals surface area (Å²) in [7, 11) is 1.38. The maximum Gasteiger partial charge on any atom is 0.410 e. The molecule has 8 rings (SSSR count). The number of aromatic nitrogens is 1. The highest BCUT2D eigenvalue weighted by Crippen LogP contribution is 2.70. The van der Waals surface area contributed by atoms with E-state index < -0.39 is 92.8 Å². The lowest BCUT2D eigenvalue weighted by Crippen LogP contribution is -2.69. The molecule has 1 saturated heterocycles. The summed E-state index contributed by atoms with van der Waals surface area (Å²) in [4.78, 5) is 70.7. The average molecular weight is 850 g/mol. The summed E-state index contributed by atoms with van der Waals surface area (Å²) in [6.07, 6.45) is 5.82. The molecule has 1 aliphatic heterocycles. The maximum absolute atomic E-state index is 17.6. The summed E-state index contributed by atoms with van der Waals surface area (Å²) in [6, 6.07) is 0.592. The summed E-state index contributed by atoms with van der Waals surface area (Å²) < 4.78 is 52.6. The van der Waals surface area contributed by atoms with E-state index >= 15 is 8.78 Å². The largest absolute Gasteiger partial charge is 0.492 e. The molecule has 330 valence electrons. The molecule has 0 bridgehead atoms. The zero-order valence-electron chi connectivity index (χ0n) is 36.2. The van der Waals surface area contributed by atoms with Crippen LogP contribution >= 0.6 is 0 Å². The number of nitrogens with zero attached hydrogens (tertiary/aromatic N) is 3. The minimum absolute atomic E-state index is 0.103. The van der Waals surface area contributed by atoms with E-state index in [2.05, 4.69) is 0 Å². The second-order valence-electron chi connectivity index (χ2n) is 19.8. The molecule has 1 aromatic carbocycles. The number of pyridine rings is 1. The Hall–Kier alpha value is -4.63. The Morgan fingerprint density at radius 1 is 1.05 bits per heavy atom. The quantitative estimate of drug-likeness (QED) is 0.314. The first-order valence-electron chi connectivity index (χ1n) is 21.5. The summed E-state index contributed by atoms with van der Waals surface area (Å²) in [5, 5.41) is 24.0. The number of anilines is 1. The predicted molar refractivity (Wildman–Crippen MR) is 221 cm³/mol. The standard InChI is InChI=1S/C46H57F2N3O10/c1-24-17-32-31-12-9-26-18-28(52)13-14-43(26,6)45(31,48)34(53)20-44(32,7)46(24,58)35(54)23-60-40(56)30-22-51(27-10-11-27)36-29(38(30)55)19-33(47)37(39(36)59-8)49-15-16-50(25(2)21-49)41(57)61-42(3,4)5/h13-14,18-19,22,24-25,27,31-32,34,53,58H,9-12,15-17,20-21,23H2,1-8H3/t24-,25?,31-,32-,34-,43-,44-,45-,46-/m0/s1. The van der Waals surface area contributed by atoms with Crippen LogP contribution in [0.5, 0.6) is 5.75 Å². The van der Waals surface area contributed by atoms with E-state index in [9.17, 15) is 34.2 Å². The number of piperazine rings is 1. The molecule has 0 radical (unpaired) electrons. The monoisotopic (exact) mass is 849 g/mol. The molecule has 2 heterocycles. The minimum Gasteiger partial charge on any atom is -0.492 e. The summed E-state index contributed by atoms with van der Waals surface area (Å²) in [6.45, 7) is 12.1. The number of alkyl halides is 1. The Bertz CT molecular complexity index is 2350. The second kappa shape index (κ2) is 14.5. The van der Waals surface area contributed by atoms with Gasteiger partial charge in [-0.3, -0.25) is 14.4 Å². The van der Waals surface area contributed by atoms with Gasteiger partial charge in [0.2, 0.25) is 11.2 Å². The molecular weight excluding hydrogens is 793 g/mol. The molecule has 2 aromatic rings. The molecule has 1 unspecified atom stereocenters. The number of Topliss-reactive ketones (excluding diaryl/α,β-unsaturated/α-hetero) is 1. The molecule has 13 nitrogen and oxygen atoms in total. The number of carbonyl (C=O) groups excluding carboxylic acids is 4. The summed E-state index contributed by atoms with van der Waals surface area (Å²) in [5.41, 5.74) is -7.73. The Kier molecular flexibility index (Phi) is 10.2. The highest BCUT2D eigenvalue weighted by atomic mass is 19.1. The van der Waals surface area contributed by atoms with Crippen LogP contribution in [0.3, 0.4) is 0 Å². The number of amides is 1. The number of benzene rings is 1. The van der Waals surface area contributed by atoms with Crippen molar-refractivity contribution in [3.05, 3.63) is 57.7 Å². The van der Waals surface area contributed by atoms with E-state index in [1.54, 1.807) is 62.0 Å². The number of hydrogen-bond acceptors (Lipinski definition) is 11. The number of methoxy groups -OCH3 is 1. The van der Waals surface area contributed by atoms with Gasteiger partial charge in [-0.05, 0) is 103 Å². The van der Waals surface area contributed by atoms with Crippen molar-refractivity contribution < 1.29 is 52.4 Å². The Labute approximate surface area is 353 Å².